The van der Waals surface area contributed by atoms with Gasteiger partial charge < -0.3 is 10.1 Å². The highest BCUT2D eigenvalue weighted by molar-refractivity contribution is 6.03. The number of rotatable bonds is 7. The van der Waals surface area contributed by atoms with Crippen LogP contribution in [0.5, 0.6) is 0 Å². The number of hydrogen-bond donors (Lipinski definition) is 1. The van der Waals surface area contributed by atoms with Gasteiger partial charge in [-0.25, -0.2) is 4.79 Å². The fourth-order valence-corrected chi connectivity index (χ4v) is 3.11. The summed E-state index contributed by atoms with van der Waals surface area (Å²) in [5.74, 6) is -1.56. The van der Waals surface area contributed by atoms with Crippen molar-refractivity contribution in [2.24, 2.45) is 0 Å². The summed E-state index contributed by atoms with van der Waals surface area (Å²) in [6.07, 6.45) is 0.366. The molecule has 0 saturated carbocycles. The zero-order chi connectivity index (χ0) is 23.1. The molecule has 1 amide bonds. The van der Waals surface area contributed by atoms with Gasteiger partial charge in [0.25, 0.3) is 0 Å². The monoisotopic (exact) mass is 427 g/mol. The number of ketones is 1. The number of carbonyl (C=O) groups excluding carboxylic acids is 3. The van der Waals surface area contributed by atoms with Crippen LogP contribution < -0.4 is 5.32 Å². The average Bonchev–Trinajstić information content (AvgIpc) is 2.78. The first-order valence-electron chi connectivity index (χ1n) is 10.3. The Hall–Kier alpha value is -3.99. The Morgan fingerprint density at radius 2 is 1.38 bits per heavy atom. The Labute approximate surface area is 187 Å². The lowest BCUT2D eigenvalue weighted by Crippen LogP contribution is -2.29. The molecule has 5 nitrogen and oxygen atoms in total. The Balaban J connectivity index is 1.96. The number of carbonyl (C=O) groups is 3. The summed E-state index contributed by atoms with van der Waals surface area (Å²) < 4.78 is 5.69. The summed E-state index contributed by atoms with van der Waals surface area (Å²) in [6, 6.07) is 23.4. The molecular formula is C27H25NO4. The molecule has 0 radical (unpaired) electrons. The van der Waals surface area contributed by atoms with E-state index in [0.29, 0.717) is 16.7 Å². The van der Waals surface area contributed by atoms with E-state index in [0.717, 1.165) is 11.1 Å². The Kier molecular flexibility index (Phi) is 7.34. The minimum Gasteiger partial charge on any atom is -0.444 e. The SMILES string of the molecule is CC(=O)N/C(=C/c1ccccc1)C(=O)OC(C(=O)c1ccc(C)cc1)c1ccc(C)cc1. The summed E-state index contributed by atoms with van der Waals surface area (Å²) in [4.78, 5) is 38.1. The van der Waals surface area contributed by atoms with Crippen molar-refractivity contribution in [3.05, 3.63) is 112 Å². The van der Waals surface area contributed by atoms with Crippen LogP contribution in [0.2, 0.25) is 0 Å². The van der Waals surface area contributed by atoms with E-state index in [-0.39, 0.29) is 11.5 Å². The lowest BCUT2D eigenvalue weighted by molar-refractivity contribution is -0.143. The van der Waals surface area contributed by atoms with Gasteiger partial charge in [0.2, 0.25) is 11.7 Å². The smallest absolute Gasteiger partial charge is 0.355 e. The summed E-state index contributed by atoms with van der Waals surface area (Å²) in [5.41, 5.74) is 3.69. The molecule has 0 heterocycles. The fraction of sp³-hybridized carbons (Fsp3) is 0.148. The predicted molar refractivity (Wildman–Crippen MR) is 124 cm³/mol. The predicted octanol–water partition coefficient (Wildman–Crippen LogP) is 4.95. The molecule has 0 bridgehead atoms. The molecule has 0 aliphatic heterocycles. The third-order valence-electron chi connectivity index (χ3n) is 4.82. The molecule has 1 unspecified atom stereocenters. The van der Waals surface area contributed by atoms with Crippen molar-refractivity contribution in [2.75, 3.05) is 0 Å². The van der Waals surface area contributed by atoms with Crippen molar-refractivity contribution < 1.29 is 19.1 Å². The van der Waals surface area contributed by atoms with Crippen LogP contribution in [0.4, 0.5) is 0 Å². The minimum absolute atomic E-state index is 0.0440. The molecule has 32 heavy (non-hydrogen) atoms. The summed E-state index contributed by atoms with van der Waals surface area (Å²) in [6.45, 7) is 5.17. The van der Waals surface area contributed by atoms with Gasteiger partial charge in [0.1, 0.15) is 5.70 Å². The van der Waals surface area contributed by atoms with Crippen LogP contribution in [0.1, 0.15) is 45.6 Å². The van der Waals surface area contributed by atoms with Crippen molar-refractivity contribution in [2.45, 2.75) is 26.9 Å². The van der Waals surface area contributed by atoms with E-state index in [1.807, 2.05) is 56.3 Å². The molecule has 0 aromatic heterocycles. The van der Waals surface area contributed by atoms with Gasteiger partial charge in [-0.2, -0.15) is 0 Å². The van der Waals surface area contributed by atoms with Gasteiger partial charge >= 0.3 is 5.97 Å². The van der Waals surface area contributed by atoms with Crippen molar-refractivity contribution in [1.82, 2.24) is 5.32 Å². The first-order chi connectivity index (χ1) is 15.3. The quantitative estimate of drug-likeness (QED) is 0.329. The second kappa shape index (κ2) is 10.4. The Morgan fingerprint density at radius 1 is 0.812 bits per heavy atom. The molecule has 0 fully saturated rings. The topological polar surface area (TPSA) is 72.5 Å². The maximum atomic E-state index is 13.3. The highest BCUT2D eigenvalue weighted by atomic mass is 16.5. The molecule has 0 saturated heterocycles. The van der Waals surface area contributed by atoms with Crippen molar-refractivity contribution in [3.63, 3.8) is 0 Å². The summed E-state index contributed by atoms with van der Waals surface area (Å²) in [5, 5.41) is 2.52. The maximum absolute atomic E-state index is 13.3. The second-order valence-corrected chi connectivity index (χ2v) is 7.58. The Bertz CT molecular complexity index is 1130. The number of esters is 1. The molecule has 0 spiro atoms. The lowest BCUT2D eigenvalue weighted by atomic mass is 9.98. The van der Waals surface area contributed by atoms with Crippen LogP contribution in [0.15, 0.2) is 84.6 Å². The fourth-order valence-electron chi connectivity index (χ4n) is 3.11. The van der Waals surface area contributed by atoms with Gasteiger partial charge in [-0.1, -0.05) is 90.0 Å². The third-order valence-corrected chi connectivity index (χ3v) is 4.82. The number of amides is 1. The normalized spacial score (nSPS) is 12.0. The Morgan fingerprint density at radius 3 is 1.94 bits per heavy atom. The van der Waals surface area contributed by atoms with E-state index >= 15 is 0 Å². The molecular weight excluding hydrogens is 402 g/mol. The van der Waals surface area contributed by atoms with Crippen LogP contribution in [0.25, 0.3) is 6.08 Å². The molecule has 1 atom stereocenters. The van der Waals surface area contributed by atoms with E-state index in [2.05, 4.69) is 5.32 Å². The highest BCUT2D eigenvalue weighted by Gasteiger charge is 2.28. The maximum Gasteiger partial charge on any atom is 0.355 e. The van der Waals surface area contributed by atoms with Crippen molar-refractivity contribution >= 4 is 23.7 Å². The minimum atomic E-state index is -1.15. The molecule has 3 aromatic carbocycles. The molecule has 162 valence electrons. The first-order valence-corrected chi connectivity index (χ1v) is 10.3. The molecule has 0 aliphatic rings. The van der Waals surface area contributed by atoms with Crippen LogP contribution >= 0.6 is 0 Å². The van der Waals surface area contributed by atoms with Crippen LogP contribution in [-0.2, 0) is 14.3 Å². The van der Waals surface area contributed by atoms with Gasteiger partial charge in [-0.3, -0.25) is 9.59 Å². The van der Waals surface area contributed by atoms with Gasteiger partial charge in [-0.15, -0.1) is 0 Å². The lowest BCUT2D eigenvalue weighted by Gasteiger charge is -2.19. The number of aryl methyl sites for hydroxylation is 2. The largest absolute Gasteiger partial charge is 0.444 e. The molecule has 0 aliphatic carbocycles. The third kappa shape index (κ3) is 6.01. The van der Waals surface area contributed by atoms with Gasteiger partial charge in [0.05, 0.1) is 0 Å². The van der Waals surface area contributed by atoms with Gasteiger partial charge in [0, 0.05) is 18.1 Å². The van der Waals surface area contributed by atoms with E-state index in [9.17, 15) is 14.4 Å². The van der Waals surface area contributed by atoms with Crippen molar-refractivity contribution in [3.8, 4) is 0 Å². The summed E-state index contributed by atoms with van der Waals surface area (Å²) >= 11 is 0. The first kappa shape index (κ1) is 22.7. The van der Waals surface area contributed by atoms with Crippen molar-refractivity contribution in [1.29, 1.82) is 0 Å². The number of nitrogens with one attached hydrogen (secondary N) is 1. The van der Waals surface area contributed by atoms with E-state index in [1.165, 1.54) is 13.0 Å². The van der Waals surface area contributed by atoms with E-state index in [1.54, 1.807) is 36.4 Å². The molecule has 5 heteroatoms. The average molecular weight is 428 g/mol. The zero-order valence-electron chi connectivity index (χ0n) is 18.3. The summed E-state index contributed by atoms with van der Waals surface area (Å²) in [7, 11) is 0. The van der Waals surface area contributed by atoms with E-state index < -0.39 is 18.0 Å². The molecule has 3 aromatic rings. The van der Waals surface area contributed by atoms with E-state index in [4.69, 9.17) is 4.74 Å². The molecule has 1 N–H and O–H groups in total. The van der Waals surface area contributed by atoms with Gasteiger partial charge in [-0.05, 0) is 25.5 Å². The van der Waals surface area contributed by atoms with Crippen LogP contribution in [-0.4, -0.2) is 17.7 Å². The number of Topliss-reactive ketones (excluding diaryl/α,β-unsaturated/α-hetero) is 1. The molecule has 3 rings (SSSR count). The standard InChI is InChI=1S/C27H25NO4/c1-18-9-13-22(14-10-18)25(30)26(23-15-11-19(2)12-16-23)32-27(31)24(28-20(3)29)17-21-7-5-4-6-8-21/h4-17,26H,1-3H3,(H,28,29)/b24-17+. The second-order valence-electron chi connectivity index (χ2n) is 7.58. The highest BCUT2D eigenvalue weighted by Crippen LogP contribution is 2.25. The van der Waals surface area contributed by atoms with Gasteiger partial charge in [0.15, 0.2) is 6.10 Å². The number of benzene rings is 3. The number of hydrogen-bond acceptors (Lipinski definition) is 4. The van der Waals surface area contributed by atoms with Crippen LogP contribution in [0.3, 0.4) is 0 Å². The number of ether oxygens (including phenoxy) is 1. The zero-order valence-corrected chi connectivity index (χ0v) is 18.3. The van der Waals surface area contributed by atoms with Crippen LogP contribution in [0, 0.1) is 13.8 Å².